The fraction of sp³-hybridized carbons (Fsp3) is 0. The van der Waals surface area contributed by atoms with E-state index >= 15 is 0 Å². The van der Waals surface area contributed by atoms with Gasteiger partial charge in [0.2, 0.25) is 0 Å². The number of rotatable bonds is 5. The summed E-state index contributed by atoms with van der Waals surface area (Å²) < 4.78 is 6.21. The van der Waals surface area contributed by atoms with Gasteiger partial charge in [-0.25, -0.2) is 15.0 Å². The molecule has 7 aromatic carbocycles. The molecule has 0 aliphatic heterocycles. The standard InChI is InChI=1S/C43H27N3O/c1-3-12-28(13-4-1)35-24-22-29-14-7-8-19-34(29)40(35)43-45-41(30-15-5-2-6-16-30)44-42(46-43)33-18-11-17-31(26-33)32-23-25-37-36-20-9-10-21-38(36)47-39(37)27-32/h1-27H. The molecule has 0 aliphatic rings. The highest BCUT2D eigenvalue weighted by Crippen LogP contribution is 2.38. The molecule has 47 heavy (non-hydrogen) atoms. The van der Waals surface area contributed by atoms with Gasteiger partial charge < -0.3 is 4.42 Å². The molecule has 9 rings (SSSR count). The molecule has 0 aliphatic carbocycles. The quantitative estimate of drug-likeness (QED) is 0.197. The average Bonchev–Trinajstić information content (AvgIpc) is 3.53. The molecule has 9 aromatic rings. The Balaban J connectivity index is 1.24. The van der Waals surface area contributed by atoms with E-state index in [2.05, 4.69) is 109 Å². The Morgan fingerprint density at radius 1 is 0.340 bits per heavy atom. The Hall–Kier alpha value is -6.39. The van der Waals surface area contributed by atoms with Gasteiger partial charge in [-0.1, -0.05) is 140 Å². The van der Waals surface area contributed by atoms with Crippen LogP contribution in [0.2, 0.25) is 0 Å². The van der Waals surface area contributed by atoms with Crippen LogP contribution in [-0.4, -0.2) is 15.0 Å². The van der Waals surface area contributed by atoms with E-state index in [0.29, 0.717) is 17.5 Å². The van der Waals surface area contributed by atoms with Crippen LogP contribution in [0.3, 0.4) is 0 Å². The summed E-state index contributed by atoms with van der Waals surface area (Å²) in [7, 11) is 0. The van der Waals surface area contributed by atoms with Gasteiger partial charge in [-0.05, 0) is 57.3 Å². The molecule has 0 N–H and O–H groups in total. The fourth-order valence-corrected chi connectivity index (χ4v) is 6.45. The minimum Gasteiger partial charge on any atom is -0.456 e. The van der Waals surface area contributed by atoms with Crippen molar-refractivity contribution in [3.63, 3.8) is 0 Å². The largest absolute Gasteiger partial charge is 0.456 e. The molecule has 0 unspecified atom stereocenters. The first-order valence-corrected chi connectivity index (χ1v) is 15.7. The smallest absolute Gasteiger partial charge is 0.165 e. The van der Waals surface area contributed by atoms with Crippen LogP contribution in [0.25, 0.3) is 89.1 Å². The maximum atomic E-state index is 6.21. The molecule has 4 nitrogen and oxygen atoms in total. The maximum Gasteiger partial charge on any atom is 0.165 e. The van der Waals surface area contributed by atoms with Gasteiger partial charge in [-0.3, -0.25) is 0 Å². The van der Waals surface area contributed by atoms with Crippen LogP contribution in [0, 0.1) is 0 Å². The first kappa shape index (κ1) is 27.0. The van der Waals surface area contributed by atoms with E-state index in [1.165, 1.54) is 0 Å². The Bertz CT molecular complexity index is 2570. The number of fused-ring (bicyclic) bond motifs is 4. The van der Waals surface area contributed by atoms with Crippen molar-refractivity contribution < 1.29 is 4.42 Å². The molecule has 2 aromatic heterocycles. The van der Waals surface area contributed by atoms with Crippen molar-refractivity contribution in [1.29, 1.82) is 0 Å². The van der Waals surface area contributed by atoms with E-state index in [1.807, 2.05) is 54.6 Å². The second-order valence-corrected chi connectivity index (χ2v) is 11.6. The van der Waals surface area contributed by atoms with Gasteiger partial charge in [-0.2, -0.15) is 0 Å². The third-order valence-electron chi connectivity index (χ3n) is 8.74. The second kappa shape index (κ2) is 11.2. The third kappa shape index (κ3) is 4.84. The summed E-state index contributed by atoms with van der Waals surface area (Å²) >= 11 is 0. The zero-order valence-corrected chi connectivity index (χ0v) is 25.3. The van der Waals surface area contributed by atoms with Crippen LogP contribution in [0.4, 0.5) is 0 Å². The van der Waals surface area contributed by atoms with Crippen molar-refractivity contribution in [2.75, 3.05) is 0 Å². The number of furan rings is 1. The van der Waals surface area contributed by atoms with Crippen molar-refractivity contribution >= 4 is 32.7 Å². The van der Waals surface area contributed by atoms with Crippen LogP contribution in [0.15, 0.2) is 168 Å². The fourth-order valence-electron chi connectivity index (χ4n) is 6.45. The molecule has 0 bridgehead atoms. The van der Waals surface area contributed by atoms with Crippen LogP contribution in [0.1, 0.15) is 0 Å². The van der Waals surface area contributed by atoms with E-state index in [4.69, 9.17) is 19.4 Å². The van der Waals surface area contributed by atoms with Crippen LogP contribution < -0.4 is 0 Å². The molecule has 2 heterocycles. The molecule has 0 spiro atoms. The molecular formula is C43H27N3O. The van der Waals surface area contributed by atoms with Gasteiger partial charge in [0.25, 0.3) is 0 Å². The predicted molar refractivity (Wildman–Crippen MR) is 192 cm³/mol. The van der Waals surface area contributed by atoms with Gasteiger partial charge in [-0.15, -0.1) is 0 Å². The molecule has 0 saturated carbocycles. The number of aromatic nitrogens is 3. The lowest BCUT2D eigenvalue weighted by molar-refractivity contribution is 0.669. The molecule has 0 fully saturated rings. The SMILES string of the molecule is c1ccc(-c2nc(-c3cccc(-c4ccc5c(c4)oc4ccccc45)c3)nc(-c3c(-c4ccccc4)ccc4ccccc34)n2)cc1. The van der Waals surface area contributed by atoms with Crippen molar-refractivity contribution in [2.45, 2.75) is 0 Å². The lowest BCUT2D eigenvalue weighted by Gasteiger charge is -2.15. The van der Waals surface area contributed by atoms with Gasteiger partial charge in [0.15, 0.2) is 17.5 Å². The molecule has 220 valence electrons. The zero-order valence-electron chi connectivity index (χ0n) is 25.3. The van der Waals surface area contributed by atoms with E-state index < -0.39 is 0 Å². The second-order valence-electron chi connectivity index (χ2n) is 11.6. The van der Waals surface area contributed by atoms with Crippen LogP contribution >= 0.6 is 0 Å². The predicted octanol–water partition coefficient (Wildman–Crippen LogP) is 11.3. The summed E-state index contributed by atoms with van der Waals surface area (Å²) in [6.07, 6.45) is 0. The van der Waals surface area contributed by atoms with E-state index in [9.17, 15) is 0 Å². The summed E-state index contributed by atoms with van der Waals surface area (Å²) in [6, 6.07) is 56.3. The van der Waals surface area contributed by atoms with Gasteiger partial charge in [0, 0.05) is 27.5 Å². The van der Waals surface area contributed by atoms with Crippen molar-refractivity contribution in [1.82, 2.24) is 15.0 Å². The van der Waals surface area contributed by atoms with Gasteiger partial charge >= 0.3 is 0 Å². The lowest BCUT2D eigenvalue weighted by atomic mass is 9.93. The number of hydrogen-bond acceptors (Lipinski definition) is 4. The van der Waals surface area contributed by atoms with E-state index in [-0.39, 0.29) is 0 Å². The Morgan fingerprint density at radius 3 is 1.77 bits per heavy atom. The normalized spacial score (nSPS) is 11.4. The minimum absolute atomic E-state index is 0.618. The number of para-hydroxylation sites is 1. The first-order valence-electron chi connectivity index (χ1n) is 15.7. The Kier molecular flexibility index (Phi) is 6.43. The van der Waals surface area contributed by atoms with E-state index in [1.54, 1.807) is 0 Å². The molecule has 0 radical (unpaired) electrons. The molecular weight excluding hydrogens is 574 g/mol. The minimum atomic E-state index is 0.618. The molecule has 4 heteroatoms. The van der Waals surface area contributed by atoms with Gasteiger partial charge in [0.1, 0.15) is 11.2 Å². The summed E-state index contributed by atoms with van der Waals surface area (Å²) in [4.78, 5) is 15.4. The Labute approximate surface area is 271 Å². The molecule has 0 amide bonds. The molecule has 0 atom stereocenters. The van der Waals surface area contributed by atoms with Crippen LogP contribution in [0.5, 0.6) is 0 Å². The number of benzene rings is 7. The van der Waals surface area contributed by atoms with Crippen LogP contribution in [-0.2, 0) is 0 Å². The van der Waals surface area contributed by atoms with E-state index in [0.717, 1.165) is 71.7 Å². The highest BCUT2D eigenvalue weighted by Gasteiger charge is 2.19. The highest BCUT2D eigenvalue weighted by atomic mass is 16.3. The third-order valence-corrected chi connectivity index (χ3v) is 8.74. The first-order chi connectivity index (χ1) is 23.3. The number of hydrogen-bond donors (Lipinski definition) is 0. The summed E-state index contributed by atoms with van der Waals surface area (Å²) in [5, 5.41) is 4.46. The van der Waals surface area contributed by atoms with Crippen molar-refractivity contribution in [3.05, 3.63) is 164 Å². The van der Waals surface area contributed by atoms with Crippen molar-refractivity contribution in [2.24, 2.45) is 0 Å². The zero-order chi connectivity index (χ0) is 31.2. The summed E-state index contributed by atoms with van der Waals surface area (Å²) in [6.45, 7) is 0. The summed E-state index contributed by atoms with van der Waals surface area (Å²) in [5.41, 5.74) is 8.91. The molecule has 0 saturated heterocycles. The van der Waals surface area contributed by atoms with Gasteiger partial charge in [0.05, 0.1) is 0 Å². The average molecular weight is 602 g/mol. The topological polar surface area (TPSA) is 51.8 Å². The van der Waals surface area contributed by atoms with Crippen molar-refractivity contribution in [3.8, 4) is 56.4 Å². The number of nitrogens with zero attached hydrogens (tertiary/aromatic N) is 3. The monoisotopic (exact) mass is 601 g/mol. The lowest BCUT2D eigenvalue weighted by Crippen LogP contribution is -2.02. The maximum absolute atomic E-state index is 6.21. The highest BCUT2D eigenvalue weighted by molar-refractivity contribution is 6.06. The summed E-state index contributed by atoms with van der Waals surface area (Å²) in [5.74, 6) is 1.89. The Morgan fingerprint density at radius 2 is 0.936 bits per heavy atom.